The first kappa shape index (κ1) is 17.2. The standard InChI is InChI=1S/C16H24N2O3/c1-10(9-13(19)20)11-5-7-12(8-6-11)18-15(21)14(17)16(2,3)4/h5-8,10,14H,9,17H2,1-4H3,(H,18,21)(H,19,20)/t10?,14-/m1/s1. The van der Waals surface area contributed by atoms with E-state index >= 15 is 0 Å². The van der Waals surface area contributed by atoms with Crippen LogP contribution in [0.2, 0.25) is 0 Å². The lowest BCUT2D eigenvalue weighted by Crippen LogP contribution is -2.45. The molecule has 0 saturated carbocycles. The number of hydrogen-bond donors (Lipinski definition) is 3. The van der Waals surface area contributed by atoms with Crippen LogP contribution in [-0.2, 0) is 9.59 Å². The van der Waals surface area contributed by atoms with Crippen molar-refractivity contribution in [2.24, 2.45) is 11.1 Å². The van der Waals surface area contributed by atoms with Crippen molar-refractivity contribution >= 4 is 17.6 Å². The van der Waals surface area contributed by atoms with Crippen molar-refractivity contribution in [3.63, 3.8) is 0 Å². The van der Waals surface area contributed by atoms with E-state index in [1.54, 1.807) is 12.1 Å². The second kappa shape index (κ2) is 6.72. The maximum atomic E-state index is 12.0. The van der Waals surface area contributed by atoms with E-state index in [0.717, 1.165) is 5.56 Å². The Morgan fingerprint density at radius 1 is 1.24 bits per heavy atom. The predicted molar refractivity (Wildman–Crippen MR) is 83.2 cm³/mol. The Labute approximate surface area is 125 Å². The fourth-order valence-electron chi connectivity index (χ4n) is 1.89. The fraction of sp³-hybridized carbons (Fsp3) is 0.500. The molecular formula is C16H24N2O3. The van der Waals surface area contributed by atoms with Crippen molar-refractivity contribution in [2.75, 3.05) is 5.32 Å². The van der Waals surface area contributed by atoms with Gasteiger partial charge < -0.3 is 16.2 Å². The summed E-state index contributed by atoms with van der Waals surface area (Å²) in [5.74, 6) is -1.12. The lowest BCUT2D eigenvalue weighted by atomic mass is 9.87. The number of amides is 1. The number of rotatable bonds is 5. The molecule has 0 aromatic heterocycles. The van der Waals surface area contributed by atoms with Crippen molar-refractivity contribution in [2.45, 2.75) is 46.1 Å². The molecule has 0 bridgehead atoms. The topological polar surface area (TPSA) is 92.4 Å². The lowest BCUT2D eigenvalue weighted by Gasteiger charge is -2.25. The first-order chi connectivity index (χ1) is 9.61. The maximum Gasteiger partial charge on any atom is 0.303 e. The van der Waals surface area contributed by atoms with Gasteiger partial charge in [0.2, 0.25) is 5.91 Å². The third-order valence-electron chi connectivity index (χ3n) is 3.44. The van der Waals surface area contributed by atoms with Gasteiger partial charge in [0.15, 0.2) is 0 Å². The minimum atomic E-state index is -0.823. The average Bonchev–Trinajstić information content (AvgIpc) is 2.36. The molecule has 1 aromatic rings. The van der Waals surface area contributed by atoms with Crippen LogP contribution in [0.1, 0.15) is 45.6 Å². The first-order valence-electron chi connectivity index (χ1n) is 6.99. The molecule has 0 aliphatic carbocycles. The highest BCUT2D eigenvalue weighted by Crippen LogP contribution is 2.22. The van der Waals surface area contributed by atoms with Crippen LogP contribution in [0.15, 0.2) is 24.3 Å². The van der Waals surface area contributed by atoms with Gasteiger partial charge in [-0.25, -0.2) is 0 Å². The summed E-state index contributed by atoms with van der Waals surface area (Å²) in [4.78, 5) is 22.7. The van der Waals surface area contributed by atoms with Gasteiger partial charge in [-0.15, -0.1) is 0 Å². The van der Waals surface area contributed by atoms with Gasteiger partial charge in [-0.05, 0) is 29.0 Å². The highest BCUT2D eigenvalue weighted by molar-refractivity contribution is 5.95. The lowest BCUT2D eigenvalue weighted by molar-refractivity contribution is -0.137. The molecular weight excluding hydrogens is 268 g/mol. The maximum absolute atomic E-state index is 12.0. The number of carboxylic acid groups (broad SMARTS) is 1. The van der Waals surface area contributed by atoms with Gasteiger partial charge in [0.1, 0.15) is 0 Å². The van der Waals surface area contributed by atoms with Gasteiger partial charge in [-0.3, -0.25) is 9.59 Å². The Hall–Kier alpha value is -1.88. The number of carboxylic acids is 1. The van der Waals surface area contributed by atoms with Gasteiger partial charge in [0.25, 0.3) is 0 Å². The Kier molecular flexibility index (Phi) is 5.49. The summed E-state index contributed by atoms with van der Waals surface area (Å²) in [7, 11) is 0. The van der Waals surface area contributed by atoms with Gasteiger partial charge in [0, 0.05) is 5.69 Å². The van der Waals surface area contributed by atoms with E-state index in [1.807, 2.05) is 39.8 Å². The zero-order valence-corrected chi connectivity index (χ0v) is 13.0. The molecule has 0 spiro atoms. The molecule has 1 unspecified atom stereocenters. The summed E-state index contributed by atoms with van der Waals surface area (Å²) >= 11 is 0. The normalized spacial score (nSPS) is 14.3. The van der Waals surface area contributed by atoms with E-state index < -0.39 is 12.0 Å². The zero-order valence-electron chi connectivity index (χ0n) is 13.0. The van der Waals surface area contributed by atoms with Gasteiger partial charge in [-0.1, -0.05) is 39.8 Å². The zero-order chi connectivity index (χ0) is 16.2. The van der Waals surface area contributed by atoms with Gasteiger partial charge in [-0.2, -0.15) is 0 Å². The Morgan fingerprint density at radius 3 is 2.19 bits per heavy atom. The molecule has 0 radical (unpaired) electrons. The van der Waals surface area contributed by atoms with Crippen LogP contribution < -0.4 is 11.1 Å². The predicted octanol–water partition coefficient (Wildman–Crippen LogP) is 2.58. The van der Waals surface area contributed by atoms with Crippen LogP contribution in [0.5, 0.6) is 0 Å². The van der Waals surface area contributed by atoms with Crippen LogP contribution in [-0.4, -0.2) is 23.0 Å². The highest BCUT2D eigenvalue weighted by atomic mass is 16.4. The average molecular weight is 292 g/mol. The summed E-state index contributed by atoms with van der Waals surface area (Å²) in [6.45, 7) is 7.59. The molecule has 0 fully saturated rings. The van der Waals surface area contributed by atoms with Crippen molar-refractivity contribution in [1.29, 1.82) is 0 Å². The van der Waals surface area contributed by atoms with Crippen LogP contribution in [0.4, 0.5) is 5.69 Å². The monoisotopic (exact) mass is 292 g/mol. The molecule has 5 nitrogen and oxygen atoms in total. The number of benzene rings is 1. The number of hydrogen-bond acceptors (Lipinski definition) is 3. The molecule has 1 amide bonds. The number of aliphatic carboxylic acids is 1. The molecule has 116 valence electrons. The molecule has 21 heavy (non-hydrogen) atoms. The Balaban J connectivity index is 2.71. The summed E-state index contributed by atoms with van der Waals surface area (Å²) in [5, 5.41) is 11.6. The smallest absolute Gasteiger partial charge is 0.303 e. The van der Waals surface area contributed by atoms with Crippen molar-refractivity contribution in [3.05, 3.63) is 29.8 Å². The van der Waals surface area contributed by atoms with Crippen LogP contribution in [0.3, 0.4) is 0 Å². The van der Waals surface area contributed by atoms with E-state index in [9.17, 15) is 9.59 Å². The Morgan fingerprint density at radius 2 is 1.76 bits per heavy atom. The molecule has 4 N–H and O–H groups in total. The molecule has 5 heteroatoms. The number of nitrogens with one attached hydrogen (secondary N) is 1. The summed E-state index contributed by atoms with van der Waals surface area (Å²) in [6, 6.07) is 6.59. The highest BCUT2D eigenvalue weighted by Gasteiger charge is 2.27. The van der Waals surface area contributed by atoms with Crippen LogP contribution in [0.25, 0.3) is 0 Å². The number of carbonyl (C=O) groups excluding carboxylic acids is 1. The largest absolute Gasteiger partial charge is 0.481 e. The Bertz CT molecular complexity index is 503. The van der Waals surface area contributed by atoms with Crippen molar-refractivity contribution < 1.29 is 14.7 Å². The number of nitrogens with two attached hydrogens (primary N) is 1. The van der Waals surface area contributed by atoms with Gasteiger partial charge in [0.05, 0.1) is 12.5 Å². The van der Waals surface area contributed by atoms with E-state index in [-0.39, 0.29) is 23.7 Å². The summed E-state index contributed by atoms with van der Waals surface area (Å²) < 4.78 is 0. The molecule has 1 rings (SSSR count). The molecule has 0 heterocycles. The third kappa shape index (κ3) is 5.19. The minimum absolute atomic E-state index is 0.0657. The summed E-state index contributed by atoms with van der Waals surface area (Å²) in [5.41, 5.74) is 7.18. The minimum Gasteiger partial charge on any atom is -0.481 e. The molecule has 1 aromatic carbocycles. The fourth-order valence-corrected chi connectivity index (χ4v) is 1.89. The molecule has 2 atom stereocenters. The van der Waals surface area contributed by atoms with Crippen molar-refractivity contribution in [3.8, 4) is 0 Å². The molecule has 0 aliphatic rings. The van der Waals surface area contributed by atoms with E-state index in [2.05, 4.69) is 5.32 Å². The van der Waals surface area contributed by atoms with E-state index in [4.69, 9.17) is 10.8 Å². The number of anilines is 1. The first-order valence-corrected chi connectivity index (χ1v) is 6.99. The van der Waals surface area contributed by atoms with Crippen LogP contribution >= 0.6 is 0 Å². The third-order valence-corrected chi connectivity index (χ3v) is 3.44. The van der Waals surface area contributed by atoms with E-state index in [1.165, 1.54) is 0 Å². The second-order valence-electron chi connectivity index (χ2n) is 6.45. The van der Waals surface area contributed by atoms with Gasteiger partial charge >= 0.3 is 5.97 Å². The number of carbonyl (C=O) groups is 2. The molecule has 0 aliphatic heterocycles. The molecule has 0 saturated heterocycles. The second-order valence-corrected chi connectivity index (χ2v) is 6.45. The SMILES string of the molecule is CC(CC(=O)O)c1ccc(NC(=O)[C@@H](N)C(C)(C)C)cc1. The quantitative estimate of drug-likeness (QED) is 0.777. The van der Waals surface area contributed by atoms with Crippen molar-refractivity contribution in [1.82, 2.24) is 0 Å². The van der Waals surface area contributed by atoms with E-state index in [0.29, 0.717) is 5.69 Å². The summed E-state index contributed by atoms with van der Waals surface area (Å²) in [6.07, 6.45) is 0.0839. The van der Waals surface area contributed by atoms with Crippen LogP contribution in [0, 0.1) is 5.41 Å².